The number of carbonyl (C=O) groups is 2. The number of carboxylic acid groups (broad SMARTS) is 1. The number of nitrogen functional groups attached to an aromatic ring is 1. The second-order valence-corrected chi connectivity index (χ2v) is 5.33. The van der Waals surface area contributed by atoms with Gasteiger partial charge in [0.05, 0.1) is 19.6 Å². The fourth-order valence-electron chi connectivity index (χ4n) is 1.74. The first-order valence-corrected chi connectivity index (χ1v) is 7.86. The summed E-state index contributed by atoms with van der Waals surface area (Å²) in [6, 6.07) is 5.58. The Kier molecular flexibility index (Phi) is 8.48. The van der Waals surface area contributed by atoms with Gasteiger partial charge in [-0.25, -0.2) is 9.97 Å². The fraction of sp³-hybridized carbons (Fsp3) is 0.353. The number of pyridine rings is 1. The van der Waals surface area contributed by atoms with Crippen molar-refractivity contribution < 1.29 is 29.2 Å². The predicted octanol–water partition coefficient (Wildman–Crippen LogP) is 0.0166. The van der Waals surface area contributed by atoms with Crippen LogP contribution in [-0.2, 0) is 14.3 Å². The van der Waals surface area contributed by atoms with Gasteiger partial charge in [0.1, 0.15) is 6.20 Å². The molecular formula is C17H22N4O5. The van der Waals surface area contributed by atoms with Crippen molar-refractivity contribution >= 4 is 17.8 Å². The molecule has 2 rings (SSSR count). The van der Waals surface area contributed by atoms with Crippen molar-refractivity contribution in [2.24, 2.45) is 0 Å². The van der Waals surface area contributed by atoms with E-state index in [1.54, 1.807) is 33.4 Å². The van der Waals surface area contributed by atoms with Gasteiger partial charge in [0.25, 0.3) is 5.82 Å². The third-order valence-corrected chi connectivity index (χ3v) is 2.85. The summed E-state index contributed by atoms with van der Waals surface area (Å²) in [4.78, 5) is 31.8. The highest BCUT2D eigenvalue weighted by molar-refractivity contribution is 5.75. The van der Waals surface area contributed by atoms with E-state index in [9.17, 15) is 14.7 Å². The van der Waals surface area contributed by atoms with Gasteiger partial charge < -0.3 is 25.1 Å². The van der Waals surface area contributed by atoms with Gasteiger partial charge in [-0.05, 0) is 37.4 Å². The Labute approximate surface area is 151 Å². The van der Waals surface area contributed by atoms with Crippen LogP contribution in [0.15, 0.2) is 30.6 Å². The molecule has 0 fully saturated rings. The number of nitrogens with two attached hydrogens (primary N) is 1. The molecule has 3 N–H and O–H groups in total. The Morgan fingerprint density at radius 3 is 2.54 bits per heavy atom. The minimum atomic E-state index is -1.23. The molecule has 2 aromatic heterocycles. The number of nitrogens with zero attached hydrogens (tertiary/aromatic N) is 2. The number of hydrogen-bond donors (Lipinski definition) is 1. The Bertz CT molecular complexity index is 722. The van der Waals surface area contributed by atoms with Crippen molar-refractivity contribution in [2.45, 2.75) is 32.8 Å². The molecule has 140 valence electrons. The number of carbonyl (C=O) groups excluding carboxylic acids is 2. The van der Waals surface area contributed by atoms with Crippen LogP contribution in [0.1, 0.15) is 26.7 Å². The molecule has 0 aromatic carbocycles. The molecule has 0 aliphatic carbocycles. The van der Waals surface area contributed by atoms with E-state index in [-0.39, 0.29) is 18.9 Å². The quantitative estimate of drug-likeness (QED) is 0.709. The molecule has 0 spiro atoms. The topological polar surface area (TPSA) is 142 Å². The molecule has 0 atom stereocenters. The van der Waals surface area contributed by atoms with Gasteiger partial charge in [0, 0.05) is 12.2 Å². The number of carboxylic acids is 1. The summed E-state index contributed by atoms with van der Waals surface area (Å²) in [5.41, 5.74) is 6.43. The zero-order valence-corrected chi connectivity index (χ0v) is 14.9. The van der Waals surface area contributed by atoms with Crippen LogP contribution in [-0.4, -0.2) is 35.1 Å². The van der Waals surface area contributed by atoms with Gasteiger partial charge in [0.2, 0.25) is 5.75 Å². The maximum atomic E-state index is 10.6. The van der Waals surface area contributed by atoms with Crippen LogP contribution < -0.4 is 20.6 Å². The molecule has 0 aliphatic rings. The van der Waals surface area contributed by atoms with Crippen molar-refractivity contribution in [3.05, 3.63) is 30.6 Å². The van der Waals surface area contributed by atoms with Crippen molar-refractivity contribution in [1.29, 1.82) is 0 Å². The molecule has 0 bridgehead atoms. The minimum Gasteiger partial charge on any atom is -0.550 e. The summed E-state index contributed by atoms with van der Waals surface area (Å²) in [6.45, 7) is 3.41. The first kappa shape index (κ1) is 20.8. The van der Waals surface area contributed by atoms with E-state index in [4.69, 9.17) is 10.5 Å². The molecule has 2 aromatic rings. The standard InChI is InChI=1S/C10H10N4O.C7H12O4/c1-15-8-6-13-10(14-9(8)11)7-4-2-3-5-12-7;1-5(2)11-7(10)4-3-6(8)9/h2-6H,1H3,(H2,11,13,14);5H,3-4H2,1-2H3,(H,8,9). The highest BCUT2D eigenvalue weighted by atomic mass is 16.5. The summed E-state index contributed by atoms with van der Waals surface area (Å²) < 4.78 is 9.67. The number of methoxy groups -OCH3 is 1. The predicted molar refractivity (Wildman–Crippen MR) is 90.5 cm³/mol. The summed E-state index contributed by atoms with van der Waals surface area (Å²) in [6.07, 6.45) is 2.79. The molecule has 9 heteroatoms. The number of ether oxygens (including phenoxy) is 2. The number of hydrogen-bond acceptors (Lipinski definition) is 8. The van der Waals surface area contributed by atoms with E-state index in [0.717, 1.165) is 5.69 Å². The average molecular weight is 362 g/mol. The zero-order chi connectivity index (χ0) is 19.5. The van der Waals surface area contributed by atoms with E-state index >= 15 is 0 Å². The van der Waals surface area contributed by atoms with E-state index in [2.05, 4.69) is 19.7 Å². The van der Waals surface area contributed by atoms with Gasteiger partial charge in [-0.15, -0.1) is 0 Å². The molecular weight excluding hydrogens is 340 g/mol. The lowest BCUT2D eigenvalue weighted by atomic mass is 10.3. The third-order valence-electron chi connectivity index (χ3n) is 2.85. The lowest BCUT2D eigenvalue weighted by molar-refractivity contribution is -0.369. The van der Waals surface area contributed by atoms with Crippen LogP contribution in [0.2, 0.25) is 0 Å². The number of esters is 1. The number of aliphatic carboxylic acids is 1. The van der Waals surface area contributed by atoms with Gasteiger partial charge in [0.15, 0.2) is 5.69 Å². The van der Waals surface area contributed by atoms with Crippen LogP contribution in [0.4, 0.5) is 5.82 Å². The molecule has 0 unspecified atom stereocenters. The van der Waals surface area contributed by atoms with E-state index in [0.29, 0.717) is 17.4 Å². The molecule has 0 aliphatic heterocycles. The maximum Gasteiger partial charge on any atom is 0.349 e. The molecule has 0 radical (unpaired) electrons. The first-order chi connectivity index (χ1) is 12.3. The molecule has 2 heterocycles. The highest BCUT2D eigenvalue weighted by Crippen LogP contribution is 2.17. The van der Waals surface area contributed by atoms with Crippen LogP contribution in [0.3, 0.4) is 0 Å². The van der Waals surface area contributed by atoms with Crippen molar-refractivity contribution in [3.63, 3.8) is 0 Å². The Hall–Kier alpha value is -3.23. The SMILES string of the molecule is CC(C)OC(=O)CCC(=O)[O-].COc1c[nH+]c(-c2ccccn2)nc1N. The van der Waals surface area contributed by atoms with Crippen LogP contribution in [0, 0.1) is 0 Å². The fourth-order valence-corrected chi connectivity index (χ4v) is 1.74. The van der Waals surface area contributed by atoms with E-state index < -0.39 is 11.9 Å². The van der Waals surface area contributed by atoms with Crippen molar-refractivity contribution in [3.8, 4) is 17.3 Å². The number of rotatable bonds is 6. The second kappa shape index (κ2) is 10.6. The lowest BCUT2D eigenvalue weighted by Crippen LogP contribution is -2.23. The molecule has 9 nitrogen and oxygen atoms in total. The summed E-state index contributed by atoms with van der Waals surface area (Å²) in [5, 5.41) is 9.87. The summed E-state index contributed by atoms with van der Waals surface area (Å²) >= 11 is 0. The smallest absolute Gasteiger partial charge is 0.349 e. The number of nitrogens with one attached hydrogen (secondary N) is 1. The normalized spacial score (nSPS) is 9.85. The third kappa shape index (κ3) is 7.56. The van der Waals surface area contributed by atoms with Crippen LogP contribution in [0.5, 0.6) is 5.75 Å². The van der Waals surface area contributed by atoms with Gasteiger partial charge >= 0.3 is 11.8 Å². The summed E-state index contributed by atoms with van der Waals surface area (Å²) in [7, 11) is 1.54. The van der Waals surface area contributed by atoms with Gasteiger partial charge in [-0.2, -0.15) is 0 Å². The maximum absolute atomic E-state index is 10.6. The monoisotopic (exact) mass is 362 g/mol. The van der Waals surface area contributed by atoms with Crippen molar-refractivity contribution in [2.75, 3.05) is 12.8 Å². The first-order valence-electron chi connectivity index (χ1n) is 7.86. The lowest BCUT2D eigenvalue weighted by Gasteiger charge is -2.07. The number of anilines is 1. The number of H-pyrrole nitrogens is 1. The van der Waals surface area contributed by atoms with Crippen LogP contribution in [0.25, 0.3) is 11.5 Å². The Morgan fingerprint density at radius 1 is 1.31 bits per heavy atom. The van der Waals surface area contributed by atoms with E-state index in [1.807, 2.05) is 18.2 Å². The number of aromatic nitrogens is 3. The molecule has 0 saturated heterocycles. The number of aromatic amines is 1. The Balaban J connectivity index is 0.000000276. The largest absolute Gasteiger partial charge is 0.550 e. The Morgan fingerprint density at radius 2 is 2.04 bits per heavy atom. The van der Waals surface area contributed by atoms with Gasteiger partial charge in [-0.1, -0.05) is 6.07 Å². The van der Waals surface area contributed by atoms with E-state index in [1.165, 1.54) is 0 Å². The second-order valence-electron chi connectivity index (χ2n) is 5.33. The zero-order valence-electron chi connectivity index (χ0n) is 14.9. The minimum absolute atomic E-state index is 0.111. The van der Waals surface area contributed by atoms with Crippen molar-refractivity contribution in [1.82, 2.24) is 9.97 Å². The average Bonchev–Trinajstić information content (AvgIpc) is 2.60. The van der Waals surface area contributed by atoms with Crippen LogP contribution >= 0.6 is 0 Å². The molecule has 26 heavy (non-hydrogen) atoms. The molecule has 0 amide bonds. The summed E-state index contributed by atoms with van der Waals surface area (Å²) in [5.74, 6) is -0.240. The highest BCUT2D eigenvalue weighted by Gasteiger charge is 2.15. The molecule has 0 saturated carbocycles. The van der Waals surface area contributed by atoms with Gasteiger partial charge in [-0.3, -0.25) is 4.79 Å².